The lowest BCUT2D eigenvalue weighted by atomic mass is 10.2. The number of H-pyrrole nitrogens is 1. The summed E-state index contributed by atoms with van der Waals surface area (Å²) in [6, 6.07) is 14.9. The second-order valence-electron chi connectivity index (χ2n) is 6.68. The van der Waals surface area contributed by atoms with Crippen molar-refractivity contribution in [3.8, 4) is 11.6 Å². The standard InChI is InChI=1S/C21H19BrN4O3S/c22-14-1-5-17(6-2-14)26-20(28)18(19(27)24-21(26)30)13-23-15-3-7-16(8-4-15)25-9-11-29-12-10-25/h1-8,13,28H,9-12H2,(H,24,27,30). The van der Waals surface area contributed by atoms with Gasteiger partial charge in [0.05, 0.1) is 24.6 Å². The first kappa shape index (κ1) is 20.5. The van der Waals surface area contributed by atoms with Gasteiger partial charge in [-0.3, -0.25) is 19.3 Å². The fraction of sp³-hybridized carbons (Fsp3) is 0.190. The molecule has 0 radical (unpaired) electrons. The molecule has 3 aromatic rings. The van der Waals surface area contributed by atoms with Crippen LogP contribution in [-0.2, 0) is 4.74 Å². The number of aromatic hydroxyl groups is 1. The van der Waals surface area contributed by atoms with E-state index in [1.807, 2.05) is 36.4 Å². The first-order valence-electron chi connectivity index (χ1n) is 9.34. The molecule has 2 heterocycles. The lowest BCUT2D eigenvalue weighted by Crippen LogP contribution is -2.36. The molecule has 4 rings (SSSR count). The van der Waals surface area contributed by atoms with Gasteiger partial charge in [-0.2, -0.15) is 0 Å². The molecule has 0 spiro atoms. The highest BCUT2D eigenvalue weighted by Crippen LogP contribution is 2.23. The van der Waals surface area contributed by atoms with Crippen LogP contribution < -0.4 is 10.5 Å². The summed E-state index contributed by atoms with van der Waals surface area (Å²) < 4.78 is 7.77. The Kier molecular flexibility index (Phi) is 6.12. The lowest BCUT2D eigenvalue weighted by Gasteiger charge is -2.28. The summed E-state index contributed by atoms with van der Waals surface area (Å²) in [5.74, 6) is -0.264. The number of ether oxygens (including phenoxy) is 1. The zero-order valence-electron chi connectivity index (χ0n) is 15.9. The maximum absolute atomic E-state index is 12.4. The SMILES string of the molecule is O=c1[nH]c(=S)n(-c2ccc(Br)cc2)c(O)c1C=Nc1ccc(N2CCOCC2)cc1. The number of benzene rings is 2. The fourth-order valence-electron chi connectivity index (χ4n) is 3.19. The summed E-state index contributed by atoms with van der Waals surface area (Å²) in [5, 5.41) is 10.7. The van der Waals surface area contributed by atoms with Crippen LogP contribution in [0.5, 0.6) is 5.88 Å². The summed E-state index contributed by atoms with van der Waals surface area (Å²) in [7, 11) is 0. The van der Waals surface area contributed by atoms with Crippen LogP contribution in [0.3, 0.4) is 0 Å². The Morgan fingerprint density at radius 1 is 1.07 bits per heavy atom. The minimum absolute atomic E-state index is 0.0313. The predicted molar refractivity (Wildman–Crippen MR) is 123 cm³/mol. The Labute approximate surface area is 186 Å². The molecule has 2 N–H and O–H groups in total. The van der Waals surface area contributed by atoms with E-state index in [9.17, 15) is 9.90 Å². The van der Waals surface area contributed by atoms with Gasteiger partial charge in [0, 0.05) is 29.5 Å². The molecule has 1 saturated heterocycles. The average molecular weight is 487 g/mol. The van der Waals surface area contributed by atoms with Gasteiger partial charge >= 0.3 is 0 Å². The second-order valence-corrected chi connectivity index (χ2v) is 7.98. The molecule has 1 aliphatic rings. The number of halogens is 1. The predicted octanol–water partition coefficient (Wildman–Crippen LogP) is 3.95. The number of hydrogen-bond donors (Lipinski definition) is 2. The van der Waals surface area contributed by atoms with Gasteiger partial charge in [0.1, 0.15) is 5.56 Å². The zero-order valence-corrected chi connectivity index (χ0v) is 18.3. The third-order valence-electron chi connectivity index (χ3n) is 4.77. The van der Waals surface area contributed by atoms with E-state index in [0.717, 1.165) is 36.5 Å². The van der Waals surface area contributed by atoms with Crippen LogP contribution in [-0.4, -0.2) is 47.2 Å². The van der Waals surface area contributed by atoms with Crippen LogP contribution in [0.15, 0.2) is 62.8 Å². The van der Waals surface area contributed by atoms with Gasteiger partial charge in [-0.25, -0.2) is 0 Å². The molecule has 0 aliphatic carbocycles. The fourth-order valence-corrected chi connectivity index (χ4v) is 3.74. The maximum Gasteiger partial charge on any atom is 0.264 e. The van der Waals surface area contributed by atoms with Gasteiger partial charge in [-0.15, -0.1) is 0 Å². The van der Waals surface area contributed by atoms with Crippen molar-refractivity contribution >= 4 is 45.7 Å². The van der Waals surface area contributed by atoms with Crippen molar-refractivity contribution in [2.75, 3.05) is 31.2 Å². The van der Waals surface area contributed by atoms with E-state index in [4.69, 9.17) is 17.0 Å². The molecular weight excluding hydrogens is 468 g/mol. The Balaban J connectivity index is 1.63. The largest absolute Gasteiger partial charge is 0.494 e. The molecule has 7 nitrogen and oxygen atoms in total. The smallest absolute Gasteiger partial charge is 0.264 e. The number of hydrogen-bond acceptors (Lipinski definition) is 6. The second kappa shape index (κ2) is 8.95. The van der Waals surface area contributed by atoms with Gasteiger partial charge in [0.2, 0.25) is 5.88 Å². The van der Waals surface area contributed by atoms with Crippen LogP contribution in [0.25, 0.3) is 5.69 Å². The number of aromatic amines is 1. The van der Waals surface area contributed by atoms with E-state index in [0.29, 0.717) is 11.4 Å². The molecule has 0 unspecified atom stereocenters. The first-order chi connectivity index (χ1) is 14.5. The highest BCUT2D eigenvalue weighted by atomic mass is 79.9. The highest BCUT2D eigenvalue weighted by Gasteiger charge is 2.13. The van der Waals surface area contributed by atoms with Crippen molar-refractivity contribution in [2.45, 2.75) is 0 Å². The van der Waals surface area contributed by atoms with Crippen molar-refractivity contribution in [1.82, 2.24) is 9.55 Å². The van der Waals surface area contributed by atoms with E-state index in [2.05, 4.69) is 30.8 Å². The number of anilines is 1. The normalized spacial score (nSPS) is 14.4. The molecule has 0 atom stereocenters. The van der Waals surface area contributed by atoms with Gasteiger partial charge in [0.15, 0.2) is 4.77 Å². The molecule has 9 heteroatoms. The van der Waals surface area contributed by atoms with Crippen LogP contribution in [0.4, 0.5) is 11.4 Å². The molecule has 1 aliphatic heterocycles. The molecule has 2 aromatic carbocycles. The number of rotatable bonds is 4. The number of morpholine rings is 1. The first-order valence-corrected chi connectivity index (χ1v) is 10.5. The molecule has 154 valence electrons. The third-order valence-corrected chi connectivity index (χ3v) is 5.59. The summed E-state index contributed by atoms with van der Waals surface area (Å²) >= 11 is 8.61. The van der Waals surface area contributed by atoms with E-state index < -0.39 is 5.56 Å². The van der Waals surface area contributed by atoms with E-state index in [-0.39, 0.29) is 16.2 Å². The quantitative estimate of drug-likeness (QED) is 0.430. The monoisotopic (exact) mass is 486 g/mol. The van der Waals surface area contributed by atoms with Crippen LogP contribution in [0, 0.1) is 4.77 Å². The van der Waals surface area contributed by atoms with Gasteiger partial charge < -0.3 is 14.7 Å². The van der Waals surface area contributed by atoms with Crippen molar-refractivity contribution in [2.24, 2.45) is 4.99 Å². The molecular formula is C21H19BrN4O3S. The number of aromatic nitrogens is 2. The number of aliphatic imine (C=N–C) groups is 1. The van der Waals surface area contributed by atoms with Gasteiger partial charge in [-0.1, -0.05) is 15.9 Å². The summed E-state index contributed by atoms with van der Waals surface area (Å²) in [5.41, 5.74) is 1.93. The Morgan fingerprint density at radius 3 is 2.37 bits per heavy atom. The van der Waals surface area contributed by atoms with E-state index in [1.165, 1.54) is 10.8 Å². The lowest BCUT2D eigenvalue weighted by molar-refractivity contribution is 0.122. The van der Waals surface area contributed by atoms with Crippen molar-refractivity contribution in [1.29, 1.82) is 0 Å². The molecule has 30 heavy (non-hydrogen) atoms. The summed E-state index contributed by atoms with van der Waals surface area (Å²) in [6.07, 6.45) is 1.35. The average Bonchev–Trinajstić information content (AvgIpc) is 2.76. The Morgan fingerprint density at radius 2 is 1.70 bits per heavy atom. The summed E-state index contributed by atoms with van der Waals surface area (Å²) in [6.45, 7) is 3.16. The molecule has 1 aromatic heterocycles. The Hall–Kier alpha value is -2.75. The highest BCUT2D eigenvalue weighted by molar-refractivity contribution is 9.10. The van der Waals surface area contributed by atoms with Crippen molar-refractivity contribution < 1.29 is 9.84 Å². The van der Waals surface area contributed by atoms with Crippen LogP contribution in [0.2, 0.25) is 0 Å². The summed E-state index contributed by atoms with van der Waals surface area (Å²) in [4.78, 5) is 21.6. The van der Waals surface area contributed by atoms with E-state index >= 15 is 0 Å². The topological polar surface area (TPSA) is 82.8 Å². The zero-order chi connectivity index (χ0) is 21.1. The molecule has 0 bridgehead atoms. The molecule has 0 amide bonds. The van der Waals surface area contributed by atoms with Gasteiger partial charge in [-0.05, 0) is 60.7 Å². The van der Waals surface area contributed by atoms with Crippen molar-refractivity contribution in [3.63, 3.8) is 0 Å². The maximum atomic E-state index is 12.4. The van der Waals surface area contributed by atoms with Crippen LogP contribution in [0.1, 0.15) is 5.56 Å². The number of nitrogens with zero attached hydrogens (tertiary/aromatic N) is 3. The van der Waals surface area contributed by atoms with Crippen molar-refractivity contribution in [3.05, 3.63) is 73.7 Å². The number of nitrogens with one attached hydrogen (secondary N) is 1. The minimum atomic E-state index is -0.500. The van der Waals surface area contributed by atoms with E-state index in [1.54, 1.807) is 12.1 Å². The molecule has 1 fully saturated rings. The Bertz CT molecular complexity index is 1180. The minimum Gasteiger partial charge on any atom is -0.494 e. The van der Waals surface area contributed by atoms with Gasteiger partial charge in [0.25, 0.3) is 5.56 Å². The third kappa shape index (κ3) is 4.38. The van der Waals surface area contributed by atoms with Crippen LogP contribution >= 0.6 is 28.1 Å². The molecule has 0 saturated carbocycles.